The number of likely N-dealkylation sites (tertiary alicyclic amines) is 1. The molecular weight excluding hydrogens is 524 g/mol. The molecule has 9 heteroatoms. The number of benzene rings is 2. The molecule has 3 heterocycles. The predicted octanol–water partition coefficient (Wildman–Crippen LogP) is 3.51. The Morgan fingerprint density at radius 3 is 2.42 bits per heavy atom. The fourth-order valence-electron chi connectivity index (χ4n) is 7.06. The molecule has 8 nitrogen and oxygen atoms in total. The van der Waals surface area contributed by atoms with Crippen molar-refractivity contribution in [3.05, 3.63) is 60.2 Å². The van der Waals surface area contributed by atoms with Crippen molar-refractivity contribution in [1.29, 1.82) is 0 Å². The monoisotopic (exact) mass is 564 g/mol. The topological polar surface area (TPSA) is 102 Å². The average molecular weight is 565 g/mol. The molecule has 2 aromatic rings. The van der Waals surface area contributed by atoms with Crippen molar-refractivity contribution in [2.75, 3.05) is 36.5 Å². The van der Waals surface area contributed by atoms with Gasteiger partial charge < -0.3 is 25.5 Å². The van der Waals surface area contributed by atoms with Gasteiger partial charge in [0.25, 0.3) is 0 Å². The van der Waals surface area contributed by atoms with Crippen LogP contribution in [0.3, 0.4) is 0 Å². The molecule has 0 radical (unpaired) electrons. The highest BCUT2D eigenvalue weighted by Gasteiger charge is 2.75. The highest BCUT2D eigenvalue weighted by Crippen LogP contribution is 2.68. The summed E-state index contributed by atoms with van der Waals surface area (Å²) < 4.78 is -0.683. The fraction of sp³-hybridized carbons (Fsp3) is 0.516. The zero-order chi connectivity index (χ0) is 28.4. The van der Waals surface area contributed by atoms with E-state index in [9.17, 15) is 19.5 Å². The number of hydrogen-bond acceptors (Lipinski definition) is 6. The number of nitrogens with one attached hydrogen (secondary N) is 2. The SMILES string of the molecule is CCN(CC)c1ccc(NC(=O)C2N(CCCO)C(=O)[C@@H]3[C@@H](C(=O)NCc4ccccc4)[C@H]4CC(C)C23S4)cc1. The molecule has 3 amide bonds. The summed E-state index contributed by atoms with van der Waals surface area (Å²) >= 11 is 1.66. The maximum Gasteiger partial charge on any atom is 0.248 e. The van der Waals surface area contributed by atoms with Gasteiger partial charge >= 0.3 is 0 Å². The van der Waals surface area contributed by atoms with Gasteiger partial charge in [0.15, 0.2) is 0 Å². The van der Waals surface area contributed by atoms with Crippen LogP contribution in [0, 0.1) is 17.8 Å². The lowest BCUT2D eigenvalue weighted by molar-refractivity contribution is -0.139. The molecule has 3 N–H and O–H groups in total. The number of thioether (sulfide) groups is 1. The Bertz CT molecular complexity index is 1220. The van der Waals surface area contributed by atoms with Gasteiger partial charge in [0.1, 0.15) is 6.04 Å². The third-order valence-electron chi connectivity index (χ3n) is 8.93. The predicted molar refractivity (Wildman–Crippen MR) is 159 cm³/mol. The van der Waals surface area contributed by atoms with Crippen LogP contribution >= 0.6 is 11.8 Å². The number of amides is 3. The van der Waals surface area contributed by atoms with Gasteiger partial charge in [-0.1, -0.05) is 37.3 Å². The van der Waals surface area contributed by atoms with Crippen molar-refractivity contribution in [1.82, 2.24) is 10.2 Å². The van der Waals surface area contributed by atoms with E-state index in [1.807, 2.05) is 54.6 Å². The first-order valence-corrected chi connectivity index (χ1v) is 15.3. The molecule has 3 saturated heterocycles. The summed E-state index contributed by atoms with van der Waals surface area (Å²) in [5.41, 5.74) is 2.77. The molecule has 6 atom stereocenters. The molecule has 3 fully saturated rings. The lowest BCUT2D eigenvalue weighted by atomic mass is 9.66. The van der Waals surface area contributed by atoms with Gasteiger partial charge in [0.05, 0.1) is 16.6 Å². The van der Waals surface area contributed by atoms with E-state index in [0.717, 1.165) is 30.8 Å². The number of carbonyl (C=O) groups excluding carboxylic acids is 3. The molecule has 2 aromatic carbocycles. The van der Waals surface area contributed by atoms with Crippen LogP contribution in [0.2, 0.25) is 0 Å². The Hall–Kier alpha value is -3.04. The second kappa shape index (κ2) is 11.8. The zero-order valence-electron chi connectivity index (χ0n) is 23.5. The normalized spacial score (nSPS) is 28.4. The van der Waals surface area contributed by atoms with E-state index < -0.39 is 22.6 Å². The van der Waals surface area contributed by atoms with Crippen LogP contribution in [0.5, 0.6) is 0 Å². The molecule has 2 bridgehead atoms. The van der Waals surface area contributed by atoms with Crippen LogP contribution in [-0.2, 0) is 20.9 Å². The van der Waals surface area contributed by atoms with E-state index >= 15 is 0 Å². The number of carbonyl (C=O) groups is 3. The largest absolute Gasteiger partial charge is 0.396 e. The van der Waals surface area contributed by atoms with Gasteiger partial charge in [-0.15, -0.1) is 11.8 Å². The lowest BCUT2D eigenvalue weighted by Crippen LogP contribution is -2.55. The van der Waals surface area contributed by atoms with Crippen LogP contribution in [0.15, 0.2) is 54.6 Å². The first-order valence-electron chi connectivity index (χ1n) is 14.4. The lowest BCUT2D eigenvalue weighted by Gasteiger charge is -2.38. The van der Waals surface area contributed by atoms with Crippen molar-refractivity contribution in [2.24, 2.45) is 17.8 Å². The summed E-state index contributed by atoms with van der Waals surface area (Å²) in [6.07, 6.45) is 1.16. The Labute approximate surface area is 240 Å². The summed E-state index contributed by atoms with van der Waals surface area (Å²) in [4.78, 5) is 45.5. The Morgan fingerprint density at radius 2 is 1.77 bits per heavy atom. The van der Waals surface area contributed by atoms with Crippen molar-refractivity contribution < 1.29 is 19.5 Å². The van der Waals surface area contributed by atoms with Crippen LogP contribution in [0.1, 0.15) is 39.2 Å². The third-order valence-corrected chi connectivity index (χ3v) is 11.0. The fourth-order valence-corrected chi connectivity index (χ4v) is 9.48. The third kappa shape index (κ3) is 4.87. The van der Waals surface area contributed by atoms with Crippen molar-refractivity contribution in [3.63, 3.8) is 0 Å². The van der Waals surface area contributed by atoms with E-state index in [0.29, 0.717) is 18.7 Å². The van der Waals surface area contributed by atoms with Crippen LogP contribution in [0.25, 0.3) is 0 Å². The molecule has 0 saturated carbocycles. The maximum atomic E-state index is 14.0. The number of aliphatic hydroxyl groups is 1. The molecular formula is C31H40N4O4S. The first kappa shape index (κ1) is 28.5. The standard InChI is InChI=1S/C31H40N4O4S/c1-4-34(5-2)23-14-12-22(13-15-23)33-29(38)27-31-20(3)18-24(40-31)25(26(31)30(39)35(27)16-9-17-36)28(37)32-19-21-10-7-6-8-11-21/h6-8,10-15,20,24-27,36H,4-5,9,16-19H2,1-3H3,(H,32,37)(H,33,38)/t20?,24-,25+,26+,27?,31?/m1/s1. The maximum absolute atomic E-state index is 14.0. The smallest absolute Gasteiger partial charge is 0.248 e. The molecule has 214 valence electrons. The van der Waals surface area contributed by atoms with Gasteiger partial charge in [0, 0.05) is 49.4 Å². The minimum atomic E-state index is -0.712. The van der Waals surface area contributed by atoms with Crippen molar-refractivity contribution in [2.45, 2.75) is 56.2 Å². The van der Waals surface area contributed by atoms with Crippen LogP contribution in [0.4, 0.5) is 11.4 Å². The van der Waals surface area contributed by atoms with E-state index in [4.69, 9.17) is 0 Å². The number of anilines is 2. The summed E-state index contributed by atoms with van der Waals surface area (Å²) in [5, 5.41) is 15.7. The van der Waals surface area contributed by atoms with E-state index in [-0.39, 0.29) is 42.0 Å². The van der Waals surface area contributed by atoms with Crippen LogP contribution < -0.4 is 15.5 Å². The Balaban J connectivity index is 1.40. The molecule has 0 aliphatic carbocycles. The molecule has 0 aromatic heterocycles. The summed E-state index contributed by atoms with van der Waals surface area (Å²) in [6.45, 7) is 8.73. The number of fused-ring (bicyclic) bond motifs is 1. The van der Waals surface area contributed by atoms with Gasteiger partial charge in [-0.3, -0.25) is 14.4 Å². The van der Waals surface area contributed by atoms with E-state index in [2.05, 4.69) is 36.3 Å². The number of nitrogens with zero attached hydrogens (tertiary/aromatic N) is 2. The van der Waals surface area contributed by atoms with Gasteiger partial charge in [-0.25, -0.2) is 0 Å². The van der Waals surface area contributed by atoms with Gasteiger partial charge in [-0.05, 0) is 62.4 Å². The number of hydrogen-bond donors (Lipinski definition) is 3. The Morgan fingerprint density at radius 1 is 1.07 bits per heavy atom. The second-order valence-electron chi connectivity index (χ2n) is 11.1. The van der Waals surface area contributed by atoms with Gasteiger partial charge in [0.2, 0.25) is 17.7 Å². The minimum Gasteiger partial charge on any atom is -0.396 e. The quantitative estimate of drug-likeness (QED) is 0.386. The highest BCUT2D eigenvalue weighted by atomic mass is 32.2. The van der Waals surface area contributed by atoms with Crippen molar-refractivity contribution in [3.8, 4) is 0 Å². The summed E-state index contributed by atoms with van der Waals surface area (Å²) in [7, 11) is 0. The summed E-state index contributed by atoms with van der Waals surface area (Å²) in [6, 6.07) is 16.8. The molecule has 3 unspecified atom stereocenters. The van der Waals surface area contributed by atoms with Crippen molar-refractivity contribution >= 4 is 40.9 Å². The minimum absolute atomic E-state index is 0.0108. The molecule has 1 spiro atoms. The zero-order valence-corrected chi connectivity index (χ0v) is 24.3. The van der Waals surface area contributed by atoms with E-state index in [1.165, 1.54) is 0 Å². The van der Waals surface area contributed by atoms with Gasteiger partial charge in [-0.2, -0.15) is 0 Å². The highest BCUT2D eigenvalue weighted by molar-refractivity contribution is 8.02. The molecule has 5 rings (SSSR count). The van der Waals surface area contributed by atoms with E-state index in [1.54, 1.807) is 16.7 Å². The van der Waals surface area contributed by atoms with Crippen LogP contribution in [-0.4, -0.2) is 70.0 Å². The number of aliphatic hydroxyl groups excluding tert-OH is 1. The molecule has 40 heavy (non-hydrogen) atoms. The first-order chi connectivity index (χ1) is 19.3. The molecule has 3 aliphatic heterocycles. The second-order valence-corrected chi connectivity index (χ2v) is 12.6. The summed E-state index contributed by atoms with van der Waals surface area (Å²) in [5.74, 6) is -1.46. The number of rotatable bonds is 11. The Kier molecular flexibility index (Phi) is 8.42. The average Bonchev–Trinajstić information content (AvgIpc) is 3.56. The molecule has 3 aliphatic rings.